The Kier molecular flexibility index (Phi) is 5.03. The van der Waals surface area contributed by atoms with Gasteiger partial charge in [0.25, 0.3) is 0 Å². The van der Waals surface area contributed by atoms with E-state index >= 15 is 0 Å². The van der Waals surface area contributed by atoms with E-state index in [1.165, 1.54) is 6.07 Å². The summed E-state index contributed by atoms with van der Waals surface area (Å²) >= 11 is 0. The van der Waals surface area contributed by atoms with Crippen molar-refractivity contribution in [1.29, 1.82) is 0 Å². The van der Waals surface area contributed by atoms with Gasteiger partial charge in [0.05, 0.1) is 6.54 Å². The highest BCUT2D eigenvalue weighted by molar-refractivity contribution is 5.16. The predicted molar refractivity (Wildman–Crippen MR) is 101 cm³/mol. The molecule has 0 amide bonds. The quantitative estimate of drug-likeness (QED) is 0.695. The largest absolute Gasteiger partial charge is 0.328 e. The van der Waals surface area contributed by atoms with Crippen LogP contribution in [-0.2, 0) is 20.1 Å². The Bertz CT molecular complexity index is 915. The van der Waals surface area contributed by atoms with Gasteiger partial charge in [0.2, 0.25) is 0 Å². The van der Waals surface area contributed by atoms with Crippen LogP contribution in [0.3, 0.4) is 0 Å². The van der Waals surface area contributed by atoms with Crippen LogP contribution < -0.4 is 0 Å². The van der Waals surface area contributed by atoms with Crippen LogP contribution >= 0.6 is 0 Å². The topological polar surface area (TPSA) is 51.8 Å². The monoisotopic (exact) mass is 368 g/mol. The van der Waals surface area contributed by atoms with Crippen LogP contribution in [0.15, 0.2) is 36.7 Å². The average Bonchev–Trinajstić information content (AvgIpc) is 3.22. The van der Waals surface area contributed by atoms with Crippen LogP contribution in [0.2, 0.25) is 0 Å². The predicted octanol–water partition coefficient (Wildman–Crippen LogP) is 2.89. The second kappa shape index (κ2) is 7.60. The lowest BCUT2D eigenvalue weighted by molar-refractivity contribution is 0.195. The second-order valence-electron chi connectivity index (χ2n) is 7.34. The van der Waals surface area contributed by atoms with Gasteiger partial charge in [-0.05, 0) is 44.0 Å². The highest BCUT2D eigenvalue weighted by Crippen LogP contribution is 2.27. The summed E-state index contributed by atoms with van der Waals surface area (Å²) < 4.78 is 17.7. The van der Waals surface area contributed by atoms with Crippen molar-refractivity contribution >= 4 is 0 Å². The number of aryl methyl sites for hydroxylation is 1. The minimum absolute atomic E-state index is 0.172. The first-order valence-electron chi connectivity index (χ1n) is 9.43. The Morgan fingerprint density at radius 2 is 2.11 bits per heavy atom. The molecule has 0 radical (unpaired) electrons. The van der Waals surface area contributed by atoms with Gasteiger partial charge in [0.1, 0.15) is 17.5 Å². The fourth-order valence-electron chi connectivity index (χ4n) is 3.90. The minimum Gasteiger partial charge on any atom is -0.328 e. The van der Waals surface area contributed by atoms with Crippen LogP contribution in [0.4, 0.5) is 4.39 Å². The van der Waals surface area contributed by atoms with Crippen molar-refractivity contribution in [3.8, 4) is 0 Å². The minimum atomic E-state index is -0.172. The summed E-state index contributed by atoms with van der Waals surface area (Å²) in [6.07, 6.45) is 5.99. The molecule has 27 heavy (non-hydrogen) atoms. The van der Waals surface area contributed by atoms with E-state index < -0.39 is 0 Å². The molecule has 4 rings (SSSR count). The number of imidazole rings is 1. The molecule has 0 unspecified atom stereocenters. The van der Waals surface area contributed by atoms with Crippen LogP contribution in [0.1, 0.15) is 41.8 Å². The molecule has 7 heteroatoms. The summed E-state index contributed by atoms with van der Waals surface area (Å²) in [6.45, 7) is 5.39. The van der Waals surface area contributed by atoms with Crippen molar-refractivity contribution in [2.24, 2.45) is 7.05 Å². The maximum atomic E-state index is 13.5. The molecule has 0 spiro atoms. The maximum absolute atomic E-state index is 13.5. The van der Waals surface area contributed by atoms with Crippen molar-refractivity contribution in [2.45, 2.75) is 38.8 Å². The van der Waals surface area contributed by atoms with E-state index in [0.717, 1.165) is 55.5 Å². The fraction of sp³-hybridized carbons (Fsp3) is 0.450. The standard InChI is InChI=1S/C20H25FN6/c1-15-22-8-10-27(15)14-19-23-24-20(25(19)2)17-6-4-9-26(13-17)12-16-5-3-7-18(21)11-16/h3,5,7-8,10-11,17H,4,6,9,12-14H2,1-2H3/t17-/m0/s1. The van der Waals surface area contributed by atoms with Gasteiger partial charge in [-0.2, -0.15) is 0 Å². The molecule has 1 fully saturated rings. The molecule has 1 aliphatic heterocycles. The number of benzene rings is 1. The maximum Gasteiger partial charge on any atom is 0.152 e. The average molecular weight is 368 g/mol. The number of aromatic nitrogens is 5. The van der Waals surface area contributed by atoms with Gasteiger partial charge in [0.15, 0.2) is 5.82 Å². The normalized spacial score (nSPS) is 18.1. The van der Waals surface area contributed by atoms with Gasteiger partial charge >= 0.3 is 0 Å². The van der Waals surface area contributed by atoms with E-state index in [-0.39, 0.29) is 5.82 Å². The third-order valence-corrected chi connectivity index (χ3v) is 5.40. The van der Waals surface area contributed by atoms with Gasteiger partial charge in [-0.25, -0.2) is 9.37 Å². The zero-order valence-corrected chi connectivity index (χ0v) is 15.8. The number of halogens is 1. The molecular weight excluding hydrogens is 343 g/mol. The Morgan fingerprint density at radius 1 is 1.22 bits per heavy atom. The molecular formula is C20H25FN6. The Labute approximate surface area is 158 Å². The van der Waals surface area contributed by atoms with Crippen molar-refractivity contribution < 1.29 is 4.39 Å². The van der Waals surface area contributed by atoms with Crippen molar-refractivity contribution in [1.82, 2.24) is 29.2 Å². The molecule has 0 N–H and O–H groups in total. The lowest BCUT2D eigenvalue weighted by Gasteiger charge is -2.32. The van der Waals surface area contributed by atoms with Crippen molar-refractivity contribution in [3.63, 3.8) is 0 Å². The molecule has 0 bridgehead atoms. The Hall–Kier alpha value is -2.54. The van der Waals surface area contributed by atoms with E-state index in [2.05, 4.69) is 29.2 Å². The van der Waals surface area contributed by atoms with Crippen LogP contribution in [0.25, 0.3) is 0 Å². The van der Waals surface area contributed by atoms with E-state index in [9.17, 15) is 4.39 Å². The first kappa shape index (κ1) is 17.9. The molecule has 3 aromatic rings. The molecule has 6 nitrogen and oxygen atoms in total. The van der Waals surface area contributed by atoms with E-state index in [4.69, 9.17) is 0 Å². The lowest BCUT2D eigenvalue weighted by Crippen LogP contribution is -2.34. The first-order valence-corrected chi connectivity index (χ1v) is 9.43. The van der Waals surface area contributed by atoms with E-state index in [1.807, 2.05) is 26.2 Å². The number of hydrogen-bond donors (Lipinski definition) is 0. The molecule has 1 saturated heterocycles. The number of hydrogen-bond acceptors (Lipinski definition) is 4. The Balaban J connectivity index is 1.46. The third-order valence-electron chi connectivity index (χ3n) is 5.40. The number of nitrogens with zero attached hydrogens (tertiary/aromatic N) is 6. The summed E-state index contributed by atoms with van der Waals surface area (Å²) in [4.78, 5) is 6.65. The van der Waals surface area contributed by atoms with Crippen molar-refractivity contribution in [2.75, 3.05) is 13.1 Å². The van der Waals surface area contributed by atoms with Gasteiger partial charge in [-0.3, -0.25) is 4.90 Å². The number of likely N-dealkylation sites (tertiary alicyclic amines) is 1. The van der Waals surface area contributed by atoms with Crippen molar-refractivity contribution in [3.05, 3.63) is 65.5 Å². The Morgan fingerprint density at radius 3 is 2.89 bits per heavy atom. The smallest absolute Gasteiger partial charge is 0.152 e. The summed E-state index contributed by atoms with van der Waals surface area (Å²) in [5, 5.41) is 8.92. The second-order valence-corrected chi connectivity index (χ2v) is 7.34. The zero-order valence-electron chi connectivity index (χ0n) is 15.8. The first-order chi connectivity index (χ1) is 13.1. The summed E-state index contributed by atoms with van der Waals surface area (Å²) in [5.41, 5.74) is 1.02. The molecule has 0 aliphatic carbocycles. The summed E-state index contributed by atoms with van der Waals surface area (Å²) in [5.74, 6) is 3.12. The SMILES string of the molecule is Cc1nccn1Cc1nnc([C@H]2CCCN(Cc3cccc(F)c3)C2)n1C. The molecule has 1 atom stereocenters. The number of piperidine rings is 1. The van der Waals surface area contributed by atoms with Crippen LogP contribution in [-0.4, -0.2) is 42.3 Å². The zero-order chi connectivity index (χ0) is 18.8. The van der Waals surface area contributed by atoms with Crippen LogP contribution in [0.5, 0.6) is 0 Å². The van der Waals surface area contributed by atoms with E-state index in [0.29, 0.717) is 12.5 Å². The molecule has 142 valence electrons. The highest BCUT2D eigenvalue weighted by atomic mass is 19.1. The van der Waals surface area contributed by atoms with Gasteiger partial charge < -0.3 is 9.13 Å². The van der Waals surface area contributed by atoms with Crippen LogP contribution in [0, 0.1) is 12.7 Å². The fourth-order valence-corrected chi connectivity index (χ4v) is 3.90. The summed E-state index contributed by atoms with van der Waals surface area (Å²) in [7, 11) is 2.04. The third kappa shape index (κ3) is 3.93. The molecule has 3 heterocycles. The highest BCUT2D eigenvalue weighted by Gasteiger charge is 2.26. The number of rotatable bonds is 5. The van der Waals surface area contributed by atoms with E-state index in [1.54, 1.807) is 18.3 Å². The van der Waals surface area contributed by atoms with Gasteiger partial charge in [-0.15, -0.1) is 10.2 Å². The molecule has 0 saturated carbocycles. The molecule has 2 aromatic heterocycles. The van der Waals surface area contributed by atoms with Gasteiger partial charge in [0, 0.05) is 38.4 Å². The summed E-state index contributed by atoms with van der Waals surface area (Å²) in [6, 6.07) is 6.88. The molecule has 1 aromatic carbocycles. The van der Waals surface area contributed by atoms with Gasteiger partial charge in [-0.1, -0.05) is 12.1 Å². The molecule has 1 aliphatic rings. The lowest BCUT2D eigenvalue weighted by atomic mass is 9.96.